The van der Waals surface area contributed by atoms with Gasteiger partial charge in [0, 0.05) is 0 Å². The molecule has 1 aromatic carbocycles. The summed E-state index contributed by atoms with van der Waals surface area (Å²) in [6, 6.07) is 7.11. The number of aryl methyl sites for hydroxylation is 1. The van der Waals surface area contributed by atoms with Gasteiger partial charge >= 0.3 is 0 Å². The van der Waals surface area contributed by atoms with E-state index in [0.29, 0.717) is 17.9 Å². The van der Waals surface area contributed by atoms with E-state index in [4.69, 9.17) is 4.74 Å². The van der Waals surface area contributed by atoms with Crippen LogP contribution >= 0.6 is 11.7 Å². The predicted molar refractivity (Wildman–Crippen MR) is 60.8 cm³/mol. The number of aromatic nitrogens is 2. The topological polar surface area (TPSA) is 52.1 Å². The molecule has 0 radical (unpaired) electrons. The second-order valence-corrected chi connectivity index (χ2v) is 3.77. The summed E-state index contributed by atoms with van der Waals surface area (Å²) in [5.74, 6) is 0.574. The van der Waals surface area contributed by atoms with Crippen molar-refractivity contribution in [3.8, 4) is 5.75 Å². The Balaban J connectivity index is 2.10. The van der Waals surface area contributed by atoms with Gasteiger partial charge in [0.05, 0.1) is 23.0 Å². The van der Waals surface area contributed by atoms with E-state index in [1.807, 2.05) is 13.0 Å². The monoisotopic (exact) mass is 234 g/mol. The molecule has 82 valence electrons. The molecular weight excluding hydrogens is 224 g/mol. The Morgan fingerprint density at radius 1 is 1.38 bits per heavy atom. The van der Waals surface area contributed by atoms with Crippen LogP contribution in [0.25, 0.3) is 0 Å². The molecule has 1 heterocycles. The lowest BCUT2D eigenvalue weighted by atomic mass is 10.2. The number of rotatable bonds is 4. The van der Waals surface area contributed by atoms with Crippen LogP contribution in [-0.2, 0) is 6.61 Å². The van der Waals surface area contributed by atoms with Gasteiger partial charge in [-0.1, -0.05) is 12.1 Å². The van der Waals surface area contributed by atoms with Gasteiger partial charge in [-0.25, -0.2) is 0 Å². The third kappa shape index (κ3) is 2.25. The van der Waals surface area contributed by atoms with Crippen LogP contribution in [0.4, 0.5) is 0 Å². The van der Waals surface area contributed by atoms with Crippen LogP contribution in [0.5, 0.6) is 5.75 Å². The molecule has 2 aromatic rings. The molecule has 0 saturated carbocycles. The Kier molecular flexibility index (Phi) is 3.26. The van der Waals surface area contributed by atoms with E-state index in [9.17, 15) is 4.79 Å². The molecule has 0 unspecified atom stereocenters. The highest BCUT2D eigenvalue weighted by molar-refractivity contribution is 6.99. The van der Waals surface area contributed by atoms with Gasteiger partial charge in [-0.05, 0) is 19.1 Å². The second-order valence-electron chi connectivity index (χ2n) is 3.24. The van der Waals surface area contributed by atoms with E-state index in [-0.39, 0.29) is 0 Å². The summed E-state index contributed by atoms with van der Waals surface area (Å²) in [6.07, 6.45) is 0.779. The normalized spacial score (nSPS) is 10.1. The lowest BCUT2D eigenvalue weighted by Gasteiger charge is -2.06. The quantitative estimate of drug-likeness (QED) is 0.761. The number of hydrogen-bond acceptors (Lipinski definition) is 5. The number of ether oxygens (including phenoxy) is 1. The minimum absolute atomic E-state index is 0.340. The third-order valence-electron chi connectivity index (χ3n) is 2.16. The van der Waals surface area contributed by atoms with Gasteiger partial charge in [0.25, 0.3) is 0 Å². The van der Waals surface area contributed by atoms with Crippen molar-refractivity contribution in [2.75, 3.05) is 0 Å². The van der Waals surface area contributed by atoms with Crippen molar-refractivity contribution in [2.24, 2.45) is 0 Å². The largest absolute Gasteiger partial charge is 0.486 e. The Labute approximate surface area is 97.2 Å². The fourth-order valence-corrected chi connectivity index (χ4v) is 1.79. The van der Waals surface area contributed by atoms with E-state index < -0.39 is 0 Å². The fraction of sp³-hybridized carbons (Fsp3) is 0.182. The van der Waals surface area contributed by atoms with E-state index >= 15 is 0 Å². The standard InChI is InChI=1S/C11H10N2O2S/c1-8-10(13-16-12-8)7-15-11-5-3-2-4-9(11)6-14/h2-6H,7H2,1H3. The van der Waals surface area contributed by atoms with Crippen molar-refractivity contribution in [1.29, 1.82) is 0 Å². The molecule has 0 atom stereocenters. The lowest BCUT2D eigenvalue weighted by Crippen LogP contribution is -1.99. The van der Waals surface area contributed by atoms with Crippen LogP contribution in [0.1, 0.15) is 21.7 Å². The zero-order valence-corrected chi connectivity index (χ0v) is 9.53. The van der Waals surface area contributed by atoms with Crippen LogP contribution in [-0.4, -0.2) is 15.0 Å². The van der Waals surface area contributed by atoms with Crippen LogP contribution in [0.15, 0.2) is 24.3 Å². The zero-order valence-electron chi connectivity index (χ0n) is 8.71. The van der Waals surface area contributed by atoms with Crippen LogP contribution in [0.3, 0.4) is 0 Å². The molecule has 0 spiro atoms. The zero-order chi connectivity index (χ0) is 11.4. The highest BCUT2D eigenvalue weighted by Crippen LogP contribution is 2.17. The van der Waals surface area contributed by atoms with Crippen LogP contribution in [0.2, 0.25) is 0 Å². The average Bonchev–Trinajstić information content (AvgIpc) is 2.72. The SMILES string of the molecule is Cc1nsnc1COc1ccccc1C=O. The molecule has 16 heavy (non-hydrogen) atoms. The molecule has 2 rings (SSSR count). The highest BCUT2D eigenvalue weighted by atomic mass is 32.1. The van der Waals surface area contributed by atoms with Gasteiger partial charge in [-0.15, -0.1) is 0 Å². The number of aldehydes is 1. The molecular formula is C11H10N2O2S. The molecule has 0 N–H and O–H groups in total. The number of carbonyl (C=O) groups is 1. The summed E-state index contributed by atoms with van der Waals surface area (Å²) in [5.41, 5.74) is 2.22. The van der Waals surface area contributed by atoms with Gasteiger partial charge in [0.1, 0.15) is 18.1 Å². The maximum Gasteiger partial charge on any atom is 0.153 e. The van der Waals surface area contributed by atoms with Crippen molar-refractivity contribution in [1.82, 2.24) is 8.75 Å². The Hall–Kier alpha value is -1.75. The maximum absolute atomic E-state index is 10.7. The lowest BCUT2D eigenvalue weighted by molar-refractivity contribution is 0.111. The van der Waals surface area contributed by atoms with Crippen molar-refractivity contribution in [3.63, 3.8) is 0 Å². The summed E-state index contributed by atoms with van der Waals surface area (Å²) < 4.78 is 13.7. The molecule has 0 bridgehead atoms. The first kappa shape index (κ1) is 10.8. The summed E-state index contributed by atoms with van der Waals surface area (Å²) in [7, 11) is 0. The predicted octanol–water partition coefficient (Wildman–Crippen LogP) is 2.24. The third-order valence-corrected chi connectivity index (χ3v) is 2.81. The molecule has 0 fully saturated rings. The number of carbonyl (C=O) groups excluding carboxylic acids is 1. The fourth-order valence-electron chi connectivity index (χ4n) is 1.24. The molecule has 5 heteroatoms. The number of nitrogens with zero attached hydrogens (tertiary/aromatic N) is 2. The average molecular weight is 234 g/mol. The van der Waals surface area contributed by atoms with Gasteiger partial charge in [0.2, 0.25) is 0 Å². The summed E-state index contributed by atoms with van der Waals surface area (Å²) in [5, 5.41) is 0. The highest BCUT2D eigenvalue weighted by Gasteiger charge is 2.06. The van der Waals surface area contributed by atoms with Crippen molar-refractivity contribution >= 4 is 18.0 Å². The minimum Gasteiger partial charge on any atom is -0.486 e. The van der Waals surface area contributed by atoms with Gasteiger partial charge in [-0.3, -0.25) is 4.79 Å². The Bertz CT molecular complexity index is 496. The first-order valence-electron chi connectivity index (χ1n) is 4.76. The van der Waals surface area contributed by atoms with E-state index in [1.165, 1.54) is 0 Å². The van der Waals surface area contributed by atoms with E-state index in [2.05, 4.69) is 8.75 Å². The van der Waals surface area contributed by atoms with Crippen LogP contribution < -0.4 is 4.74 Å². The van der Waals surface area contributed by atoms with E-state index in [1.54, 1.807) is 18.2 Å². The Morgan fingerprint density at radius 3 is 2.88 bits per heavy atom. The number of benzene rings is 1. The van der Waals surface area contributed by atoms with Gasteiger partial charge in [0.15, 0.2) is 6.29 Å². The van der Waals surface area contributed by atoms with Gasteiger partial charge < -0.3 is 4.74 Å². The summed E-state index contributed by atoms with van der Waals surface area (Å²) in [6.45, 7) is 2.22. The van der Waals surface area contributed by atoms with Crippen molar-refractivity contribution in [3.05, 3.63) is 41.2 Å². The van der Waals surface area contributed by atoms with Crippen molar-refractivity contribution < 1.29 is 9.53 Å². The molecule has 0 aliphatic carbocycles. The Morgan fingerprint density at radius 2 is 2.19 bits per heavy atom. The molecule has 1 aromatic heterocycles. The minimum atomic E-state index is 0.340. The smallest absolute Gasteiger partial charge is 0.153 e. The molecule has 4 nitrogen and oxygen atoms in total. The molecule has 0 amide bonds. The summed E-state index contributed by atoms with van der Waals surface area (Å²) >= 11 is 1.16. The summed E-state index contributed by atoms with van der Waals surface area (Å²) in [4.78, 5) is 10.7. The first-order valence-corrected chi connectivity index (χ1v) is 5.49. The second kappa shape index (κ2) is 4.85. The van der Waals surface area contributed by atoms with Crippen LogP contribution in [0, 0.1) is 6.92 Å². The van der Waals surface area contributed by atoms with E-state index in [0.717, 1.165) is 29.4 Å². The molecule has 0 aliphatic rings. The molecule has 0 aliphatic heterocycles. The first-order chi connectivity index (χ1) is 7.81. The van der Waals surface area contributed by atoms with Crippen molar-refractivity contribution in [2.45, 2.75) is 13.5 Å². The maximum atomic E-state index is 10.7. The van der Waals surface area contributed by atoms with Gasteiger partial charge in [-0.2, -0.15) is 8.75 Å². The molecule has 0 saturated heterocycles. The number of para-hydroxylation sites is 1. The number of hydrogen-bond donors (Lipinski definition) is 0.